The Kier molecular flexibility index (Phi) is 4.08. The summed E-state index contributed by atoms with van der Waals surface area (Å²) in [7, 11) is -1.95. The quantitative estimate of drug-likeness (QED) is 0.936. The average Bonchev–Trinajstić information content (AvgIpc) is 2.91. The third-order valence-corrected chi connectivity index (χ3v) is 5.53. The molecule has 1 N–H and O–H groups in total. The molecule has 0 unspecified atom stereocenters. The van der Waals surface area contributed by atoms with Crippen molar-refractivity contribution in [2.45, 2.75) is 31.3 Å². The molecule has 0 saturated carbocycles. The summed E-state index contributed by atoms with van der Waals surface area (Å²) in [5.41, 5.74) is 2.01. The average molecular weight is 320 g/mol. The Hall–Kier alpha value is -1.63. The van der Waals surface area contributed by atoms with Crippen LogP contribution < -0.4 is 4.72 Å². The van der Waals surface area contributed by atoms with Crippen LogP contribution in [0.3, 0.4) is 0 Å². The molecular weight excluding hydrogens is 300 g/mol. The van der Waals surface area contributed by atoms with E-state index in [2.05, 4.69) is 9.62 Å². The molecule has 2 heterocycles. The fourth-order valence-corrected chi connectivity index (χ4v) is 3.96. The van der Waals surface area contributed by atoms with Crippen LogP contribution in [-0.2, 0) is 29.5 Å². The standard InChI is InChI=1S/C16H20N2O3S/c1-12-6-7-14(21-12)11-18-9-8-15-13(10-18)4-3-5-16(15)22(19,20)17-2/h3-7,17H,8-11H2,1-2H3. The van der Waals surface area contributed by atoms with Crippen molar-refractivity contribution < 1.29 is 12.8 Å². The highest BCUT2D eigenvalue weighted by Gasteiger charge is 2.24. The molecule has 0 bridgehead atoms. The summed E-state index contributed by atoms with van der Waals surface area (Å²) in [6.07, 6.45) is 0.728. The normalized spacial score (nSPS) is 15.7. The molecule has 3 rings (SSSR count). The molecule has 1 aliphatic rings. The molecule has 22 heavy (non-hydrogen) atoms. The van der Waals surface area contributed by atoms with Gasteiger partial charge in [-0.15, -0.1) is 0 Å². The van der Waals surface area contributed by atoms with Crippen LogP contribution >= 0.6 is 0 Å². The van der Waals surface area contributed by atoms with Crippen LogP contribution in [0.25, 0.3) is 0 Å². The van der Waals surface area contributed by atoms with Crippen LogP contribution in [0, 0.1) is 6.92 Å². The molecule has 0 aliphatic carbocycles. The largest absolute Gasteiger partial charge is 0.465 e. The minimum Gasteiger partial charge on any atom is -0.465 e. The van der Waals surface area contributed by atoms with E-state index in [9.17, 15) is 8.42 Å². The Labute approximate surface area is 131 Å². The molecule has 0 spiro atoms. The van der Waals surface area contributed by atoms with Crippen LogP contribution in [-0.4, -0.2) is 26.9 Å². The number of nitrogens with one attached hydrogen (secondary N) is 1. The van der Waals surface area contributed by atoms with Crippen molar-refractivity contribution in [2.24, 2.45) is 0 Å². The van der Waals surface area contributed by atoms with Crippen LogP contribution in [0.2, 0.25) is 0 Å². The summed E-state index contributed by atoms with van der Waals surface area (Å²) in [5, 5.41) is 0. The van der Waals surface area contributed by atoms with Crippen LogP contribution in [0.5, 0.6) is 0 Å². The number of hydrogen-bond acceptors (Lipinski definition) is 4. The summed E-state index contributed by atoms with van der Waals surface area (Å²) >= 11 is 0. The van der Waals surface area contributed by atoms with Crippen molar-refractivity contribution in [3.63, 3.8) is 0 Å². The number of benzene rings is 1. The summed E-state index contributed by atoms with van der Waals surface area (Å²) in [4.78, 5) is 2.68. The Morgan fingerprint density at radius 1 is 1.27 bits per heavy atom. The molecule has 6 heteroatoms. The van der Waals surface area contributed by atoms with Crippen molar-refractivity contribution in [1.82, 2.24) is 9.62 Å². The predicted molar refractivity (Wildman–Crippen MR) is 84.0 cm³/mol. The smallest absolute Gasteiger partial charge is 0.240 e. The van der Waals surface area contributed by atoms with Gasteiger partial charge in [0.15, 0.2) is 0 Å². The summed E-state index contributed by atoms with van der Waals surface area (Å²) < 4.78 is 32.2. The fourth-order valence-electron chi connectivity index (χ4n) is 2.92. The van der Waals surface area contributed by atoms with E-state index >= 15 is 0 Å². The molecule has 0 saturated heterocycles. The molecule has 0 fully saturated rings. The van der Waals surface area contributed by atoms with Gasteiger partial charge >= 0.3 is 0 Å². The van der Waals surface area contributed by atoms with E-state index < -0.39 is 10.0 Å². The zero-order chi connectivity index (χ0) is 15.7. The third-order valence-electron chi connectivity index (χ3n) is 4.04. The van der Waals surface area contributed by atoms with Gasteiger partial charge in [-0.1, -0.05) is 12.1 Å². The lowest BCUT2D eigenvalue weighted by atomic mass is 10.00. The van der Waals surface area contributed by atoms with Gasteiger partial charge in [-0.25, -0.2) is 13.1 Å². The van der Waals surface area contributed by atoms with Crippen molar-refractivity contribution in [3.05, 3.63) is 53.0 Å². The van der Waals surface area contributed by atoms with E-state index in [1.165, 1.54) is 7.05 Å². The van der Waals surface area contributed by atoms with Crippen LogP contribution in [0.4, 0.5) is 0 Å². The maximum Gasteiger partial charge on any atom is 0.240 e. The molecule has 0 atom stereocenters. The van der Waals surface area contributed by atoms with Crippen molar-refractivity contribution >= 4 is 10.0 Å². The van der Waals surface area contributed by atoms with Gasteiger partial charge in [-0.3, -0.25) is 4.90 Å². The SMILES string of the molecule is CNS(=O)(=O)c1cccc2c1CCN(Cc1ccc(C)o1)C2. The van der Waals surface area contributed by atoms with Gasteiger partial charge in [0.2, 0.25) is 10.0 Å². The highest BCUT2D eigenvalue weighted by atomic mass is 32.2. The first-order valence-electron chi connectivity index (χ1n) is 7.31. The van der Waals surface area contributed by atoms with Gasteiger partial charge in [0.25, 0.3) is 0 Å². The van der Waals surface area contributed by atoms with Crippen LogP contribution in [0.15, 0.2) is 39.6 Å². The first-order chi connectivity index (χ1) is 10.5. The summed E-state index contributed by atoms with van der Waals surface area (Å²) in [6, 6.07) is 9.45. The number of nitrogens with zero attached hydrogens (tertiary/aromatic N) is 1. The molecule has 118 valence electrons. The zero-order valence-corrected chi connectivity index (χ0v) is 13.6. The minimum absolute atomic E-state index is 0.404. The second kappa shape index (κ2) is 5.87. The van der Waals surface area contributed by atoms with E-state index in [1.54, 1.807) is 6.07 Å². The Balaban J connectivity index is 1.84. The molecule has 1 aliphatic heterocycles. The zero-order valence-electron chi connectivity index (χ0n) is 12.8. The van der Waals surface area contributed by atoms with Crippen molar-refractivity contribution in [1.29, 1.82) is 0 Å². The van der Waals surface area contributed by atoms with Crippen molar-refractivity contribution in [3.8, 4) is 0 Å². The van der Waals surface area contributed by atoms with E-state index in [4.69, 9.17) is 4.42 Å². The second-order valence-corrected chi connectivity index (χ2v) is 7.43. The maximum atomic E-state index is 12.1. The third kappa shape index (κ3) is 2.95. The van der Waals surface area contributed by atoms with Gasteiger partial charge in [0.05, 0.1) is 11.4 Å². The molecule has 5 nitrogen and oxygen atoms in total. The Morgan fingerprint density at radius 3 is 2.77 bits per heavy atom. The monoisotopic (exact) mass is 320 g/mol. The maximum absolute atomic E-state index is 12.1. The molecule has 0 radical (unpaired) electrons. The topological polar surface area (TPSA) is 62.6 Å². The lowest BCUT2D eigenvalue weighted by Gasteiger charge is -2.29. The lowest BCUT2D eigenvalue weighted by molar-refractivity contribution is 0.223. The molecule has 0 amide bonds. The highest BCUT2D eigenvalue weighted by molar-refractivity contribution is 7.89. The Bertz CT molecular complexity index is 780. The van der Waals surface area contributed by atoms with E-state index in [0.717, 1.165) is 48.7 Å². The fraction of sp³-hybridized carbons (Fsp3) is 0.375. The Morgan fingerprint density at radius 2 is 2.09 bits per heavy atom. The number of sulfonamides is 1. The number of hydrogen-bond donors (Lipinski definition) is 1. The van der Waals surface area contributed by atoms with Gasteiger partial charge in [0.1, 0.15) is 11.5 Å². The van der Waals surface area contributed by atoms with Gasteiger partial charge in [0, 0.05) is 13.1 Å². The first-order valence-corrected chi connectivity index (χ1v) is 8.80. The number of aryl methyl sites for hydroxylation is 1. The van der Waals surface area contributed by atoms with Crippen LogP contribution in [0.1, 0.15) is 22.6 Å². The number of rotatable bonds is 4. The minimum atomic E-state index is -3.40. The molecular formula is C16H20N2O3S. The van der Waals surface area contributed by atoms with Gasteiger partial charge in [-0.05, 0) is 49.7 Å². The first kappa shape index (κ1) is 15.3. The van der Waals surface area contributed by atoms with Gasteiger partial charge in [-0.2, -0.15) is 0 Å². The second-order valence-electron chi connectivity index (χ2n) is 5.57. The number of furan rings is 1. The predicted octanol–water partition coefficient (Wildman–Crippen LogP) is 2.05. The highest BCUT2D eigenvalue weighted by Crippen LogP contribution is 2.26. The molecule has 2 aromatic rings. The summed E-state index contributed by atoms with van der Waals surface area (Å²) in [6.45, 7) is 4.24. The molecule has 1 aromatic carbocycles. The molecule has 1 aromatic heterocycles. The number of fused-ring (bicyclic) bond motifs is 1. The lowest BCUT2D eigenvalue weighted by Crippen LogP contribution is -2.32. The van der Waals surface area contributed by atoms with E-state index in [1.807, 2.05) is 31.2 Å². The van der Waals surface area contributed by atoms with Crippen molar-refractivity contribution in [2.75, 3.05) is 13.6 Å². The summed E-state index contributed by atoms with van der Waals surface area (Å²) in [5.74, 6) is 1.86. The van der Waals surface area contributed by atoms with E-state index in [-0.39, 0.29) is 0 Å². The van der Waals surface area contributed by atoms with Gasteiger partial charge < -0.3 is 4.42 Å². The van der Waals surface area contributed by atoms with E-state index in [0.29, 0.717) is 4.90 Å².